The highest BCUT2D eigenvalue weighted by molar-refractivity contribution is 7.00. The lowest BCUT2D eigenvalue weighted by atomic mass is 9.92. The second-order valence-corrected chi connectivity index (χ2v) is 7.65. The van der Waals surface area contributed by atoms with Crippen molar-refractivity contribution in [1.82, 2.24) is 18.7 Å². The summed E-state index contributed by atoms with van der Waals surface area (Å²) in [4.78, 5) is 10.1. The number of aromatic nitrogens is 4. The molecule has 0 aliphatic heterocycles. The Balaban J connectivity index is 1.85. The van der Waals surface area contributed by atoms with Crippen molar-refractivity contribution >= 4 is 50.4 Å². The van der Waals surface area contributed by atoms with Crippen molar-refractivity contribution in [3.63, 3.8) is 0 Å². The van der Waals surface area contributed by atoms with Crippen LogP contribution in [0.15, 0.2) is 72.8 Å². The largest absolute Gasteiger partial charge is 0.244 e. The monoisotopic (exact) mass is 392 g/mol. The Bertz CT molecular complexity index is 1450. The topological polar surface area (TPSA) is 51.6 Å². The van der Waals surface area contributed by atoms with Crippen LogP contribution in [-0.2, 0) is 0 Å². The number of fused-ring (bicyclic) bond motifs is 3. The lowest BCUT2D eigenvalue weighted by Crippen LogP contribution is -1.98. The van der Waals surface area contributed by atoms with E-state index in [0.717, 1.165) is 68.2 Å². The summed E-state index contributed by atoms with van der Waals surface area (Å²) in [6.45, 7) is 0. The molecule has 0 atom stereocenters. The van der Waals surface area contributed by atoms with Crippen LogP contribution in [0.4, 0.5) is 0 Å². The van der Waals surface area contributed by atoms with Gasteiger partial charge in [-0.1, -0.05) is 60.7 Å². The lowest BCUT2D eigenvalue weighted by Gasteiger charge is -2.15. The van der Waals surface area contributed by atoms with E-state index in [9.17, 15) is 0 Å². The van der Waals surface area contributed by atoms with E-state index in [4.69, 9.17) is 18.7 Å². The molecule has 4 nitrogen and oxygen atoms in total. The Kier molecular flexibility index (Phi) is 3.74. The number of rotatable bonds is 2. The molecular formula is C24H16N4S. The fraction of sp³-hybridized carbons (Fsp3) is 0.0833. The molecule has 1 aliphatic rings. The molecule has 0 N–H and O–H groups in total. The molecule has 2 aromatic heterocycles. The van der Waals surface area contributed by atoms with Crippen LogP contribution in [0.1, 0.15) is 18.4 Å². The van der Waals surface area contributed by atoms with E-state index < -0.39 is 0 Å². The van der Waals surface area contributed by atoms with Crippen molar-refractivity contribution in [1.29, 1.82) is 0 Å². The molecule has 5 aromatic rings. The van der Waals surface area contributed by atoms with Gasteiger partial charge < -0.3 is 0 Å². The van der Waals surface area contributed by atoms with E-state index in [-0.39, 0.29) is 0 Å². The number of hydrogen-bond acceptors (Lipinski definition) is 5. The zero-order chi connectivity index (χ0) is 19.2. The van der Waals surface area contributed by atoms with Crippen molar-refractivity contribution in [2.24, 2.45) is 0 Å². The van der Waals surface area contributed by atoms with Gasteiger partial charge in [0.1, 0.15) is 22.1 Å². The smallest absolute Gasteiger partial charge is 0.115 e. The predicted octanol–water partition coefficient (Wildman–Crippen LogP) is 6.19. The molecule has 2 heterocycles. The van der Waals surface area contributed by atoms with Crippen LogP contribution >= 0.6 is 11.7 Å². The third kappa shape index (κ3) is 2.58. The highest BCUT2D eigenvalue weighted by atomic mass is 32.1. The molecule has 0 saturated heterocycles. The van der Waals surface area contributed by atoms with Crippen molar-refractivity contribution in [2.45, 2.75) is 12.8 Å². The van der Waals surface area contributed by atoms with Gasteiger partial charge in [0.15, 0.2) is 0 Å². The Labute approximate surface area is 171 Å². The van der Waals surface area contributed by atoms with E-state index in [0.29, 0.717) is 0 Å². The highest BCUT2D eigenvalue weighted by Gasteiger charge is 2.23. The van der Waals surface area contributed by atoms with Gasteiger partial charge in [-0.2, -0.15) is 8.75 Å². The summed E-state index contributed by atoms with van der Waals surface area (Å²) >= 11 is 1.25. The van der Waals surface area contributed by atoms with Gasteiger partial charge in [-0.05, 0) is 36.1 Å². The second-order valence-electron chi connectivity index (χ2n) is 7.13. The first kappa shape index (κ1) is 16.5. The molecule has 0 saturated carbocycles. The fourth-order valence-corrected chi connectivity index (χ4v) is 4.60. The van der Waals surface area contributed by atoms with Crippen LogP contribution in [0.3, 0.4) is 0 Å². The molecule has 3 aromatic carbocycles. The Hall–Kier alpha value is -3.44. The standard InChI is InChI=1S/C24H16N4S/c1-3-9-15(10-4-1)19-21-22(26-18-14-8-7-13-17(18)25-21)20(16-11-5-2-6-12-16)24-23(19)27-29-28-24/h1,3-5,7-14H,2,6H2. The van der Waals surface area contributed by atoms with Gasteiger partial charge in [-0.15, -0.1) is 0 Å². The summed E-state index contributed by atoms with van der Waals surface area (Å²) in [6, 6.07) is 18.3. The minimum absolute atomic E-state index is 0.880. The maximum Gasteiger partial charge on any atom is 0.115 e. The third-order valence-corrected chi connectivity index (χ3v) is 5.88. The second kappa shape index (κ2) is 6.57. The van der Waals surface area contributed by atoms with E-state index in [1.807, 2.05) is 42.5 Å². The highest BCUT2D eigenvalue weighted by Crippen LogP contribution is 2.40. The van der Waals surface area contributed by atoms with Crippen molar-refractivity contribution in [3.05, 3.63) is 78.4 Å². The molecule has 0 amide bonds. The van der Waals surface area contributed by atoms with Crippen LogP contribution in [-0.4, -0.2) is 18.7 Å². The third-order valence-electron chi connectivity index (χ3n) is 5.35. The summed E-state index contributed by atoms with van der Waals surface area (Å²) < 4.78 is 9.39. The first-order chi connectivity index (χ1) is 14.4. The molecule has 5 heteroatoms. The van der Waals surface area contributed by atoms with Crippen molar-refractivity contribution < 1.29 is 0 Å². The van der Waals surface area contributed by atoms with Crippen LogP contribution in [0.25, 0.3) is 49.8 Å². The van der Waals surface area contributed by atoms with Crippen LogP contribution in [0.5, 0.6) is 0 Å². The SMILES string of the molecule is C1=CC(c2c3nsnc3c(-c3ccccc3)c3nc4ccccc4nc23)=CCC1. The Morgan fingerprint density at radius 2 is 1.31 bits per heavy atom. The Morgan fingerprint density at radius 1 is 0.655 bits per heavy atom. The Morgan fingerprint density at radius 3 is 2.00 bits per heavy atom. The van der Waals surface area contributed by atoms with Gasteiger partial charge in [0, 0.05) is 11.1 Å². The molecule has 6 rings (SSSR count). The zero-order valence-corrected chi connectivity index (χ0v) is 16.4. The molecular weight excluding hydrogens is 376 g/mol. The number of para-hydroxylation sites is 2. The average Bonchev–Trinajstić information content (AvgIpc) is 3.26. The molecule has 138 valence electrons. The summed E-state index contributed by atoms with van der Waals surface area (Å²) in [5.74, 6) is 0. The number of nitrogens with zero attached hydrogens (tertiary/aromatic N) is 4. The predicted molar refractivity (Wildman–Crippen MR) is 120 cm³/mol. The first-order valence-electron chi connectivity index (χ1n) is 9.67. The number of allylic oxidation sites excluding steroid dienone is 4. The summed E-state index contributed by atoms with van der Waals surface area (Å²) in [7, 11) is 0. The van der Waals surface area contributed by atoms with Gasteiger partial charge in [-0.3, -0.25) is 0 Å². The maximum absolute atomic E-state index is 5.07. The van der Waals surface area contributed by atoms with Gasteiger partial charge in [0.25, 0.3) is 0 Å². The van der Waals surface area contributed by atoms with E-state index >= 15 is 0 Å². The number of benzene rings is 3. The average molecular weight is 392 g/mol. The van der Waals surface area contributed by atoms with Crippen molar-refractivity contribution in [2.75, 3.05) is 0 Å². The molecule has 29 heavy (non-hydrogen) atoms. The molecule has 0 radical (unpaired) electrons. The summed E-state index contributed by atoms with van der Waals surface area (Å²) in [5, 5.41) is 0. The van der Waals surface area contributed by atoms with Crippen LogP contribution in [0.2, 0.25) is 0 Å². The van der Waals surface area contributed by atoms with E-state index in [2.05, 4.69) is 30.4 Å². The first-order valence-corrected chi connectivity index (χ1v) is 10.4. The number of hydrogen-bond donors (Lipinski definition) is 0. The lowest BCUT2D eigenvalue weighted by molar-refractivity contribution is 1.04. The summed E-state index contributed by atoms with van der Waals surface area (Å²) in [5.41, 5.74) is 9.64. The molecule has 1 aliphatic carbocycles. The van der Waals surface area contributed by atoms with Gasteiger partial charge in [0.05, 0.1) is 22.8 Å². The molecule has 0 bridgehead atoms. The van der Waals surface area contributed by atoms with Crippen molar-refractivity contribution in [3.8, 4) is 11.1 Å². The zero-order valence-electron chi connectivity index (χ0n) is 15.5. The molecule has 0 fully saturated rings. The van der Waals surface area contributed by atoms with Gasteiger partial charge in [-0.25, -0.2) is 9.97 Å². The van der Waals surface area contributed by atoms with Gasteiger partial charge >= 0.3 is 0 Å². The van der Waals surface area contributed by atoms with Crippen LogP contribution in [0, 0.1) is 0 Å². The molecule has 0 unspecified atom stereocenters. The van der Waals surface area contributed by atoms with Gasteiger partial charge in [0.2, 0.25) is 0 Å². The van der Waals surface area contributed by atoms with E-state index in [1.54, 1.807) is 0 Å². The maximum atomic E-state index is 5.07. The molecule has 0 spiro atoms. The van der Waals surface area contributed by atoms with E-state index in [1.165, 1.54) is 11.7 Å². The summed E-state index contributed by atoms with van der Waals surface area (Å²) in [6.07, 6.45) is 8.75. The fourth-order valence-electron chi connectivity index (χ4n) is 4.04. The van der Waals surface area contributed by atoms with Crippen LogP contribution < -0.4 is 0 Å². The quantitative estimate of drug-likeness (QED) is 0.336. The minimum atomic E-state index is 0.880. The normalized spacial score (nSPS) is 14.0. The minimum Gasteiger partial charge on any atom is -0.244 e.